The van der Waals surface area contributed by atoms with Crippen LogP contribution in [0.25, 0.3) is 0 Å². The van der Waals surface area contributed by atoms with Crippen LogP contribution in [0.3, 0.4) is 0 Å². The van der Waals surface area contributed by atoms with Gasteiger partial charge in [0.1, 0.15) is 24.9 Å². The first-order valence-corrected chi connectivity index (χ1v) is 29.8. The van der Waals surface area contributed by atoms with E-state index in [0.29, 0.717) is 26.2 Å². The Morgan fingerprint density at radius 3 is 0.985 bits per heavy atom. The summed E-state index contributed by atoms with van der Waals surface area (Å²) in [6.07, 6.45) is 55.9. The monoisotopic (exact) mass is 936 g/mol. The lowest BCUT2D eigenvalue weighted by Gasteiger charge is -2.25. The molecule has 7 heteroatoms. The molecule has 394 valence electrons. The van der Waals surface area contributed by atoms with E-state index in [0.717, 1.165) is 32.2 Å². The molecular weight excluding hydrogens is 819 g/mol. The number of nitrogens with zero attached hydrogens (tertiary/aromatic N) is 1. The normalized spacial score (nSPS) is 17.4. The number of carbonyl (C=O) groups excluding carboxylic acids is 1. The molecule has 4 atom stereocenters. The second-order valence-corrected chi connectivity index (χ2v) is 21.0. The molecule has 7 nitrogen and oxygen atoms in total. The number of rotatable bonds is 54. The number of hydrogen-bond acceptors (Lipinski definition) is 7. The Morgan fingerprint density at radius 2 is 0.667 bits per heavy atom. The average Bonchev–Trinajstić information content (AvgIpc) is 3.64. The third-order valence-electron chi connectivity index (χ3n) is 14.1. The van der Waals surface area contributed by atoms with Gasteiger partial charge in [0.25, 0.3) is 0 Å². The highest BCUT2D eigenvalue weighted by atomic mass is 16.7. The zero-order chi connectivity index (χ0) is 47.6. The number of unbranched alkanes of at least 4 members (excludes halogenated alkanes) is 39. The summed E-state index contributed by atoms with van der Waals surface area (Å²) in [5.74, 6) is -0.169. The molecule has 0 aliphatic carbocycles. The van der Waals surface area contributed by atoms with Crippen molar-refractivity contribution in [3.05, 3.63) is 0 Å². The molecule has 66 heavy (non-hydrogen) atoms. The van der Waals surface area contributed by atoms with Gasteiger partial charge >= 0.3 is 5.97 Å². The lowest BCUT2D eigenvalue weighted by Crippen LogP contribution is -2.40. The fraction of sp³-hybridized carbons (Fsp3) is 0.983. The first-order valence-electron chi connectivity index (χ1n) is 29.8. The van der Waals surface area contributed by atoms with E-state index in [4.69, 9.17) is 23.7 Å². The molecule has 1 aliphatic heterocycles. The third kappa shape index (κ3) is 41.1. The van der Waals surface area contributed by atoms with Gasteiger partial charge in [-0.05, 0) is 46.3 Å². The molecule has 0 aromatic heterocycles. The summed E-state index contributed by atoms with van der Waals surface area (Å²) in [5.41, 5.74) is 0. The summed E-state index contributed by atoms with van der Waals surface area (Å²) < 4.78 is 32.3. The van der Waals surface area contributed by atoms with Crippen molar-refractivity contribution in [1.29, 1.82) is 0 Å². The Hall–Kier alpha value is -0.730. The van der Waals surface area contributed by atoms with Crippen molar-refractivity contribution >= 4 is 5.97 Å². The minimum atomic E-state index is -0.502. The maximum atomic E-state index is 12.8. The molecule has 1 unspecified atom stereocenters. The van der Waals surface area contributed by atoms with Crippen molar-refractivity contribution in [1.82, 2.24) is 4.90 Å². The van der Waals surface area contributed by atoms with Crippen LogP contribution in [0.5, 0.6) is 0 Å². The van der Waals surface area contributed by atoms with Crippen LogP contribution in [0.2, 0.25) is 0 Å². The van der Waals surface area contributed by atoms with Gasteiger partial charge in [0, 0.05) is 26.2 Å². The Balaban J connectivity index is 2.62. The maximum Gasteiger partial charge on any atom is 0.305 e. The van der Waals surface area contributed by atoms with Crippen molar-refractivity contribution in [3.8, 4) is 0 Å². The summed E-state index contributed by atoms with van der Waals surface area (Å²) in [5, 5.41) is 0. The Morgan fingerprint density at radius 1 is 0.379 bits per heavy atom. The first kappa shape index (κ1) is 63.3. The van der Waals surface area contributed by atoms with Crippen LogP contribution in [-0.4, -0.2) is 82.5 Å². The molecule has 0 aromatic rings. The highest BCUT2D eigenvalue weighted by Crippen LogP contribution is 2.30. The zero-order valence-electron chi connectivity index (χ0n) is 45.4. The van der Waals surface area contributed by atoms with Crippen LogP contribution in [0.4, 0.5) is 0 Å². The number of ether oxygens (including phenoxy) is 5. The first-order chi connectivity index (χ1) is 32.5. The van der Waals surface area contributed by atoms with Gasteiger partial charge in [-0.1, -0.05) is 271 Å². The van der Waals surface area contributed by atoms with Gasteiger partial charge in [0.15, 0.2) is 6.29 Å². The van der Waals surface area contributed by atoms with Crippen molar-refractivity contribution in [2.45, 2.75) is 328 Å². The zero-order valence-corrected chi connectivity index (χ0v) is 45.4. The topological polar surface area (TPSA) is 66.5 Å². The molecule has 1 aliphatic rings. The fourth-order valence-corrected chi connectivity index (χ4v) is 9.65. The number of esters is 1. The van der Waals surface area contributed by atoms with E-state index in [9.17, 15) is 4.79 Å². The van der Waals surface area contributed by atoms with Gasteiger partial charge in [-0.2, -0.15) is 0 Å². The SMILES string of the molecule is CCCCCCCCCCCCCCCCOC1[C@@H](COC(=O)CCCN(C)C)O[C@@H](OCCCCCCCCCCCCCCCC)[C@H]1OCCCCCCCCCCCCCCCC. The quantitative estimate of drug-likeness (QED) is 0.0445. The minimum Gasteiger partial charge on any atom is -0.463 e. The van der Waals surface area contributed by atoms with Crippen LogP contribution in [0, 0.1) is 0 Å². The van der Waals surface area contributed by atoms with E-state index < -0.39 is 12.4 Å². The molecule has 0 bridgehead atoms. The van der Waals surface area contributed by atoms with E-state index in [1.165, 1.54) is 250 Å². The lowest BCUT2D eigenvalue weighted by molar-refractivity contribution is -0.184. The summed E-state index contributed by atoms with van der Waals surface area (Å²) >= 11 is 0. The van der Waals surface area contributed by atoms with Crippen molar-refractivity contribution in [3.63, 3.8) is 0 Å². The molecule has 0 radical (unpaired) electrons. The summed E-state index contributed by atoms with van der Waals surface area (Å²) in [7, 11) is 4.07. The smallest absolute Gasteiger partial charge is 0.305 e. The van der Waals surface area contributed by atoms with E-state index in [2.05, 4.69) is 25.7 Å². The van der Waals surface area contributed by atoms with Gasteiger partial charge < -0.3 is 28.6 Å². The summed E-state index contributed by atoms with van der Waals surface area (Å²) in [4.78, 5) is 14.9. The molecule has 0 saturated carbocycles. The molecule has 0 N–H and O–H groups in total. The standard InChI is InChI=1S/C59H117NO6/c1-6-9-12-15-18-21-24-27-30-33-36-39-42-45-51-62-57-55(54-65-56(61)49-48-50-60(4)5)66-59(64-53-47-44-41-38-35-32-29-26-23-20-17-14-11-8-3)58(57)63-52-46-43-40-37-34-31-28-25-22-19-16-13-10-7-2/h55,57-59H,6-54H2,1-5H3/t55-,57?,58+,59-/m1/s1. The van der Waals surface area contributed by atoms with Crippen LogP contribution in [-0.2, 0) is 28.5 Å². The summed E-state index contributed by atoms with van der Waals surface area (Å²) in [6.45, 7) is 9.94. The molecule has 0 amide bonds. The predicted molar refractivity (Wildman–Crippen MR) is 284 cm³/mol. The largest absolute Gasteiger partial charge is 0.463 e. The Kier molecular flexibility index (Phi) is 48.6. The third-order valence-corrected chi connectivity index (χ3v) is 14.1. The van der Waals surface area contributed by atoms with Crippen LogP contribution in [0.15, 0.2) is 0 Å². The molecule has 1 rings (SSSR count). The van der Waals surface area contributed by atoms with Gasteiger partial charge in [-0.25, -0.2) is 0 Å². The van der Waals surface area contributed by atoms with Gasteiger partial charge in [0.05, 0.1) is 0 Å². The van der Waals surface area contributed by atoms with Crippen molar-refractivity contribution in [2.24, 2.45) is 0 Å². The molecule has 1 heterocycles. The van der Waals surface area contributed by atoms with Crippen LogP contribution >= 0.6 is 0 Å². The van der Waals surface area contributed by atoms with E-state index in [1.54, 1.807) is 0 Å². The lowest BCUT2D eigenvalue weighted by atomic mass is 10.0. The van der Waals surface area contributed by atoms with Crippen molar-refractivity contribution in [2.75, 3.05) is 47.1 Å². The average molecular weight is 937 g/mol. The highest BCUT2D eigenvalue weighted by molar-refractivity contribution is 5.69. The number of hydrogen-bond donors (Lipinski definition) is 0. The highest BCUT2D eigenvalue weighted by Gasteiger charge is 2.47. The molecular formula is C59H117NO6. The van der Waals surface area contributed by atoms with Gasteiger partial charge in [-0.3, -0.25) is 4.79 Å². The van der Waals surface area contributed by atoms with Crippen LogP contribution in [0.1, 0.15) is 303 Å². The molecule has 1 fully saturated rings. The summed E-state index contributed by atoms with van der Waals surface area (Å²) in [6, 6.07) is 0. The number of carbonyl (C=O) groups is 1. The van der Waals surface area contributed by atoms with Crippen molar-refractivity contribution < 1.29 is 28.5 Å². The fourth-order valence-electron chi connectivity index (χ4n) is 9.65. The van der Waals surface area contributed by atoms with E-state index >= 15 is 0 Å². The molecule has 1 saturated heterocycles. The molecule has 0 spiro atoms. The van der Waals surface area contributed by atoms with Crippen LogP contribution < -0.4 is 0 Å². The predicted octanol–water partition coefficient (Wildman–Crippen LogP) is 17.8. The van der Waals surface area contributed by atoms with E-state index in [1.807, 2.05) is 14.1 Å². The minimum absolute atomic E-state index is 0.169. The maximum absolute atomic E-state index is 12.8. The Bertz CT molecular complexity index is 965. The molecule has 0 aromatic carbocycles. The second-order valence-electron chi connectivity index (χ2n) is 21.0. The Labute approximate surface area is 412 Å². The second kappa shape index (κ2) is 50.7. The van der Waals surface area contributed by atoms with Gasteiger partial charge in [-0.15, -0.1) is 0 Å². The van der Waals surface area contributed by atoms with E-state index in [-0.39, 0.29) is 24.8 Å². The van der Waals surface area contributed by atoms with Gasteiger partial charge in [0.2, 0.25) is 0 Å².